The molecule has 1 saturated carbocycles. The second kappa shape index (κ2) is 7.13. The molecule has 0 bridgehead atoms. The van der Waals surface area contributed by atoms with Crippen LogP contribution in [0.4, 0.5) is 13.2 Å². The molecular formula is C14H22F3NO3. The van der Waals surface area contributed by atoms with Gasteiger partial charge in [-0.2, -0.15) is 13.2 Å². The van der Waals surface area contributed by atoms with E-state index < -0.39 is 35.9 Å². The van der Waals surface area contributed by atoms with Crippen LogP contribution in [0.25, 0.3) is 0 Å². The maximum atomic E-state index is 12.7. The molecule has 0 aromatic heterocycles. The van der Waals surface area contributed by atoms with Crippen molar-refractivity contribution in [1.82, 2.24) is 5.32 Å². The SMILES string of the molecule is COC(=O)C(NC(=O)C1CCCC(C(F)(F)F)C1)C(C)C. The highest BCUT2D eigenvalue weighted by Gasteiger charge is 2.44. The molecule has 3 atom stereocenters. The Bertz CT molecular complexity index is 382. The molecule has 0 aliphatic heterocycles. The Morgan fingerprint density at radius 2 is 1.86 bits per heavy atom. The summed E-state index contributed by atoms with van der Waals surface area (Å²) in [6.45, 7) is 3.47. The fraction of sp³-hybridized carbons (Fsp3) is 0.857. The quantitative estimate of drug-likeness (QED) is 0.812. The molecule has 3 unspecified atom stereocenters. The molecule has 0 aromatic rings. The number of alkyl halides is 3. The van der Waals surface area contributed by atoms with E-state index in [-0.39, 0.29) is 18.8 Å². The predicted molar refractivity (Wildman–Crippen MR) is 70.3 cm³/mol. The first kappa shape index (κ1) is 17.8. The molecule has 0 saturated heterocycles. The first-order valence-electron chi connectivity index (χ1n) is 7.11. The number of rotatable bonds is 4. The van der Waals surface area contributed by atoms with Crippen molar-refractivity contribution in [2.75, 3.05) is 7.11 Å². The lowest BCUT2D eigenvalue weighted by molar-refractivity contribution is -0.186. The molecule has 0 aromatic carbocycles. The number of ether oxygens (including phenoxy) is 1. The number of hydrogen-bond acceptors (Lipinski definition) is 3. The minimum atomic E-state index is -4.27. The summed E-state index contributed by atoms with van der Waals surface area (Å²) in [6.07, 6.45) is -3.62. The lowest BCUT2D eigenvalue weighted by Crippen LogP contribution is -2.48. The topological polar surface area (TPSA) is 55.4 Å². The molecule has 1 aliphatic rings. The second-order valence-corrected chi connectivity index (χ2v) is 5.86. The number of amides is 1. The summed E-state index contributed by atoms with van der Waals surface area (Å²) in [5.41, 5.74) is 0. The molecule has 7 heteroatoms. The third kappa shape index (κ3) is 4.89. The Morgan fingerprint density at radius 3 is 2.33 bits per heavy atom. The van der Waals surface area contributed by atoms with Crippen LogP contribution in [0.15, 0.2) is 0 Å². The van der Waals surface area contributed by atoms with Gasteiger partial charge in [0.2, 0.25) is 5.91 Å². The zero-order valence-electron chi connectivity index (χ0n) is 12.5. The number of halogens is 3. The van der Waals surface area contributed by atoms with Crippen molar-refractivity contribution in [3.05, 3.63) is 0 Å². The van der Waals surface area contributed by atoms with E-state index >= 15 is 0 Å². The van der Waals surface area contributed by atoms with Crippen LogP contribution >= 0.6 is 0 Å². The third-order valence-electron chi connectivity index (χ3n) is 3.93. The van der Waals surface area contributed by atoms with E-state index in [1.807, 2.05) is 0 Å². The number of hydrogen-bond donors (Lipinski definition) is 1. The molecule has 0 heterocycles. The zero-order chi connectivity index (χ0) is 16.2. The van der Waals surface area contributed by atoms with E-state index in [2.05, 4.69) is 10.1 Å². The summed E-state index contributed by atoms with van der Waals surface area (Å²) in [6, 6.07) is -0.825. The fourth-order valence-electron chi connectivity index (χ4n) is 2.62. The van der Waals surface area contributed by atoms with Crippen molar-refractivity contribution in [2.45, 2.75) is 51.7 Å². The van der Waals surface area contributed by atoms with E-state index in [0.717, 1.165) is 0 Å². The number of methoxy groups -OCH3 is 1. The minimum absolute atomic E-state index is 0.0674. The molecule has 1 rings (SSSR count). The normalized spacial score (nSPS) is 24.5. The largest absolute Gasteiger partial charge is 0.467 e. The average Bonchev–Trinajstić information content (AvgIpc) is 2.42. The standard InChI is InChI=1S/C14H22F3NO3/c1-8(2)11(13(20)21-3)18-12(19)9-5-4-6-10(7-9)14(15,16)17/h8-11H,4-7H2,1-3H3,(H,18,19). The van der Waals surface area contributed by atoms with Crippen LogP contribution < -0.4 is 5.32 Å². The van der Waals surface area contributed by atoms with Gasteiger partial charge in [-0.1, -0.05) is 20.3 Å². The summed E-state index contributed by atoms with van der Waals surface area (Å²) < 4.78 is 42.8. The summed E-state index contributed by atoms with van der Waals surface area (Å²) >= 11 is 0. The number of esters is 1. The lowest BCUT2D eigenvalue weighted by atomic mass is 9.80. The fourth-order valence-corrected chi connectivity index (χ4v) is 2.62. The van der Waals surface area contributed by atoms with Crippen molar-refractivity contribution < 1.29 is 27.5 Å². The molecule has 1 N–H and O–H groups in total. The van der Waals surface area contributed by atoms with Crippen LogP contribution in [-0.4, -0.2) is 31.2 Å². The molecule has 122 valence electrons. The number of carbonyl (C=O) groups is 2. The first-order chi connectivity index (χ1) is 9.66. The van der Waals surface area contributed by atoms with Crippen LogP contribution in [0.2, 0.25) is 0 Å². The Balaban J connectivity index is 2.67. The average molecular weight is 309 g/mol. The van der Waals surface area contributed by atoms with Gasteiger partial charge in [-0.05, 0) is 25.2 Å². The van der Waals surface area contributed by atoms with E-state index in [4.69, 9.17) is 0 Å². The number of carbonyl (C=O) groups excluding carboxylic acids is 2. The van der Waals surface area contributed by atoms with Crippen LogP contribution in [0.5, 0.6) is 0 Å². The van der Waals surface area contributed by atoms with Crippen molar-refractivity contribution in [3.8, 4) is 0 Å². The van der Waals surface area contributed by atoms with E-state index in [1.54, 1.807) is 13.8 Å². The molecule has 0 spiro atoms. The summed E-state index contributed by atoms with van der Waals surface area (Å²) in [4.78, 5) is 23.7. The highest BCUT2D eigenvalue weighted by atomic mass is 19.4. The Hall–Kier alpha value is -1.27. The van der Waals surface area contributed by atoms with Gasteiger partial charge in [0.15, 0.2) is 0 Å². The van der Waals surface area contributed by atoms with Gasteiger partial charge in [0.25, 0.3) is 0 Å². The second-order valence-electron chi connectivity index (χ2n) is 5.86. The van der Waals surface area contributed by atoms with Gasteiger partial charge in [0.1, 0.15) is 6.04 Å². The molecule has 1 amide bonds. The monoisotopic (exact) mass is 309 g/mol. The van der Waals surface area contributed by atoms with Crippen LogP contribution in [0, 0.1) is 17.8 Å². The maximum Gasteiger partial charge on any atom is 0.391 e. The van der Waals surface area contributed by atoms with Gasteiger partial charge in [0.05, 0.1) is 13.0 Å². The van der Waals surface area contributed by atoms with Gasteiger partial charge in [0, 0.05) is 5.92 Å². The Morgan fingerprint density at radius 1 is 1.24 bits per heavy atom. The maximum absolute atomic E-state index is 12.7. The van der Waals surface area contributed by atoms with Gasteiger partial charge in [-0.25, -0.2) is 4.79 Å². The van der Waals surface area contributed by atoms with Gasteiger partial charge >= 0.3 is 12.1 Å². The first-order valence-corrected chi connectivity index (χ1v) is 7.11. The zero-order valence-corrected chi connectivity index (χ0v) is 12.5. The van der Waals surface area contributed by atoms with E-state index in [1.165, 1.54) is 7.11 Å². The van der Waals surface area contributed by atoms with Gasteiger partial charge in [-0.15, -0.1) is 0 Å². The highest BCUT2D eigenvalue weighted by Crippen LogP contribution is 2.40. The van der Waals surface area contributed by atoms with Crippen molar-refractivity contribution >= 4 is 11.9 Å². The molecule has 21 heavy (non-hydrogen) atoms. The van der Waals surface area contributed by atoms with Crippen LogP contribution in [-0.2, 0) is 14.3 Å². The Labute approximate surface area is 122 Å². The van der Waals surface area contributed by atoms with E-state index in [0.29, 0.717) is 12.8 Å². The lowest BCUT2D eigenvalue weighted by Gasteiger charge is -2.31. The minimum Gasteiger partial charge on any atom is -0.467 e. The van der Waals surface area contributed by atoms with Crippen LogP contribution in [0.3, 0.4) is 0 Å². The Kier molecular flexibility index (Phi) is 6.04. The summed E-state index contributed by atoms with van der Waals surface area (Å²) in [5, 5.41) is 2.53. The number of nitrogens with one attached hydrogen (secondary N) is 1. The van der Waals surface area contributed by atoms with Crippen molar-refractivity contribution in [1.29, 1.82) is 0 Å². The van der Waals surface area contributed by atoms with Crippen molar-refractivity contribution in [2.24, 2.45) is 17.8 Å². The van der Waals surface area contributed by atoms with E-state index in [9.17, 15) is 22.8 Å². The smallest absolute Gasteiger partial charge is 0.391 e. The van der Waals surface area contributed by atoms with Gasteiger partial charge in [-0.3, -0.25) is 4.79 Å². The summed E-state index contributed by atoms with van der Waals surface area (Å²) in [7, 11) is 1.21. The predicted octanol–water partition coefficient (Wildman–Crippen LogP) is 2.67. The molecule has 4 nitrogen and oxygen atoms in total. The third-order valence-corrected chi connectivity index (χ3v) is 3.93. The summed E-state index contributed by atoms with van der Waals surface area (Å²) in [5.74, 6) is -3.40. The van der Waals surface area contributed by atoms with Gasteiger partial charge < -0.3 is 10.1 Å². The molecule has 1 aliphatic carbocycles. The van der Waals surface area contributed by atoms with Crippen molar-refractivity contribution in [3.63, 3.8) is 0 Å². The van der Waals surface area contributed by atoms with Crippen LogP contribution in [0.1, 0.15) is 39.5 Å². The highest BCUT2D eigenvalue weighted by molar-refractivity contribution is 5.85. The molecule has 1 fully saturated rings. The molecular weight excluding hydrogens is 287 g/mol. The molecule has 0 radical (unpaired) electrons.